The molecule has 2 aromatic heterocycles. The number of hydrogen-bond donors (Lipinski definition) is 1. The third kappa shape index (κ3) is 3.28. The number of nitrogens with zero attached hydrogens (tertiary/aromatic N) is 3. The van der Waals surface area contributed by atoms with Gasteiger partial charge in [-0.25, -0.2) is 4.98 Å². The minimum absolute atomic E-state index is 0.640. The van der Waals surface area contributed by atoms with Gasteiger partial charge in [0.1, 0.15) is 0 Å². The number of hydrogen-bond acceptors (Lipinski definition) is 4. The molecule has 5 heteroatoms. The molecule has 0 aliphatic carbocycles. The Hall–Kier alpha value is -1.07. The maximum absolute atomic E-state index is 4.77. The standard InChI is InChI=1S/C14H24N4S/c1-5-6-15-9-12-13(17(4)10-11(2)3)16-14-18(12)7-8-19-14/h7-8,11,15H,5-6,9-10H2,1-4H3. The SMILES string of the molecule is CCCNCc1c(N(C)CC(C)C)nc2sccn12. The molecule has 1 N–H and O–H groups in total. The Morgan fingerprint density at radius 3 is 2.95 bits per heavy atom. The third-order valence-electron chi connectivity index (χ3n) is 3.06. The minimum Gasteiger partial charge on any atom is -0.358 e. The van der Waals surface area contributed by atoms with Crippen LogP contribution < -0.4 is 10.2 Å². The van der Waals surface area contributed by atoms with Crippen LogP contribution in [-0.2, 0) is 6.54 Å². The summed E-state index contributed by atoms with van der Waals surface area (Å²) in [7, 11) is 2.13. The fraction of sp³-hybridized carbons (Fsp3) is 0.643. The third-order valence-corrected chi connectivity index (χ3v) is 3.82. The Balaban J connectivity index is 2.25. The molecule has 0 aliphatic heterocycles. The molecule has 0 spiro atoms. The number of aromatic nitrogens is 2. The van der Waals surface area contributed by atoms with Crippen molar-refractivity contribution in [2.24, 2.45) is 5.92 Å². The van der Waals surface area contributed by atoms with Gasteiger partial charge >= 0.3 is 0 Å². The van der Waals surface area contributed by atoms with E-state index in [1.54, 1.807) is 11.3 Å². The Morgan fingerprint density at radius 2 is 2.26 bits per heavy atom. The second kappa shape index (κ2) is 6.39. The first-order valence-electron chi connectivity index (χ1n) is 6.99. The molecule has 0 bridgehead atoms. The van der Waals surface area contributed by atoms with Crippen LogP contribution in [0.5, 0.6) is 0 Å². The van der Waals surface area contributed by atoms with E-state index in [-0.39, 0.29) is 0 Å². The molecular formula is C14H24N4S. The highest BCUT2D eigenvalue weighted by molar-refractivity contribution is 7.15. The van der Waals surface area contributed by atoms with Gasteiger partial charge in [-0.1, -0.05) is 20.8 Å². The van der Waals surface area contributed by atoms with Crippen LogP contribution in [0.2, 0.25) is 0 Å². The second-order valence-corrected chi connectivity index (χ2v) is 6.26. The molecule has 0 amide bonds. The Bertz CT molecular complexity index is 514. The summed E-state index contributed by atoms with van der Waals surface area (Å²) in [6.45, 7) is 9.63. The van der Waals surface area contributed by atoms with Crippen molar-refractivity contribution in [2.75, 3.05) is 25.0 Å². The van der Waals surface area contributed by atoms with E-state index in [0.717, 1.165) is 36.8 Å². The fourth-order valence-corrected chi connectivity index (χ4v) is 3.04. The summed E-state index contributed by atoms with van der Waals surface area (Å²) in [5.74, 6) is 1.75. The lowest BCUT2D eigenvalue weighted by Crippen LogP contribution is -2.25. The van der Waals surface area contributed by atoms with E-state index in [2.05, 4.69) is 54.0 Å². The zero-order valence-electron chi connectivity index (χ0n) is 12.3. The number of imidazole rings is 1. The fourth-order valence-electron chi connectivity index (χ4n) is 2.31. The zero-order valence-corrected chi connectivity index (χ0v) is 13.1. The van der Waals surface area contributed by atoms with Gasteiger partial charge in [0.2, 0.25) is 0 Å². The van der Waals surface area contributed by atoms with Crippen molar-refractivity contribution < 1.29 is 0 Å². The molecule has 0 aromatic carbocycles. The number of thiazole rings is 1. The van der Waals surface area contributed by atoms with Crippen molar-refractivity contribution in [3.63, 3.8) is 0 Å². The van der Waals surface area contributed by atoms with Gasteiger partial charge in [-0.05, 0) is 18.9 Å². The van der Waals surface area contributed by atoms with Crippen LogP contribution in [0.3, 0.4) is 0 Å². The monoisotopic (exact) mass is 280 g/mol. The predicted molar refractivity (Wildman–Crippen MR) is 83.2 cm³/mol. The van der Waals surface area contributed by atoms with Gasteiger partial charge in [-0.3, -0.25) is 4.40 Å². The van der Waals surface area contributed by atoms with E-state index in [1.807, 2.05) is 0 Å². The molecule has 0 unspecified atom stereocenters. The maximum Gasteiger partial charge on any atom is 0.195 e. The number of anilines is 1. The zero-order chi connectivity index (χ0) is 13.8. The first-order chi connectivity index (χ1) is 9.13. The summed E-state index contributed by atoms with van der Waals surface area (Å²) in [4.78, 5) is 8.13. The van der Waals surface area contributed by atoms with E-state index >= 15 is 0 Å². The van der Waals surface area contributed by atoms with Crippen LogP contribution >= 0.6 is 11.3 Å². The largest absolute Gasteiger partial charge is 0.358 e. The van der Waals surface area contributed by atoms with Gasteiger partial charge in [0.25, 0.3) is 0 Å². The molecule has 0 atom stereocenters. The van der Waals surface area contributed by atoms with Gasteiger partial charge in [0.05, 0.1) is 5.69 Å². The molecule has 0 aliphatic rings. The van der Waals surface area contributed by atoms with Gasteiger partial charge in [-0.15, -0.1) is 11.3 Å². The van der Waals surface area contributed by atoms with Gasteiger partial charge in [0.15, 0.2) is 10.8 Å². The molecule has 0 saturated heterocycles. The van der Waals surface area contributed by atoms with E-state index in [1.165, 1.54) is 5.69 Å². The highest BCUT2D eigenvalue weighted by Crippen LogP contribution is 2.24. The van der Waals surface area contributed by atoms with Gasteiger partial charge < -0.3 is 10.2 Å². The normalized spacial score (nSPS) is 11.6. The van der Waals surface area contributed by atoms with Gasteiger partial charge in [0, 0.05) is 31.7 Å². The predicted octanol–water partition coefficient (Wildman–Crippen LogP) is 2.99. The molecule has 2 heterocycles. The first-order valence-corrected chi connectivity index (χ1v) is 7.87. The van der Waals surface area contributed by atoms with Crippen LogP contribution in [0.25, 0.3) is 4.96 Å². The maximum atomic E-state index is 4.77. The topological polar surface area (TPSA) is 32.6 Å². The smallest absolute Gasteiger partial charge is 0.195 e. The van der Waals surface area contributed by atoms with E-state index in [9.17, 15) is 0 Å². The molecular weight excluding hydrogens is 256 g/mol. The summed E-state index contributed by atoms with van der Waals surface area (Å²) >= 11 is 1.70. The van der Waals surface area contributed by atoms with Crippen LogP contribution in [0.4, 0.5) is 5.82 Å². The summed E-state index contributed by atoms with van der Waals surface area (Å²) < 4.78 is 2.21. The van der Waals surface area contributed by atoms with E-state index < -0.39 is 0 Å². The lowest BCUT2D eigenvalue weighted by Gasteiger charge is -2.20. The molecule has 2 aromatic rings. The minimum atomic E-state index is 0.640. The van der Waals surface area contributed by atoms with Crippen LogP contribution in [0, 0.1) is 5.92 Å². The molecule has 4 nitrogen and oxygen atoms in total. The van der Waals surface area contributed by atoms with Crippen LogP contribution in [0.1, 0.15) is 32.9 Å². The van der Waals surface area contributed by atoms with Crippen LogP contribution in [0.15, 0.2) is 11.6 Å². The average molecular weight is 280 g/mol. The summed E-state index contributed by atoms with van der Waals surface area (Å²) in [6.07, 6.45) is 3.27. The quantitative estimate of drug-likeness (QED) is 0.791. The van der Waals surface area contributed by atoms with Crippen molar-refractivity contribution in [1.29, 1.82) is 0 Å². The van der Waals surface area contributed by atoms with E-state index in [4.69, 9.17) is 4.98 Å². The van der Waals surface area contributed by atoms with Crippen molar-refractivity contribution in [3.8, 4) is 0 Å². The summed E-state index contributed by atoms with van der Waals surface area (Å²) in [5.41, 5.74) is 1.27. The second-order valence-electron chi connectivity index (χ2n) is 5.39. The summed E-state index contributed by atoms with van der Waals surface area (Å²) in [6, 6.07) is 0. The number of rotatable bonds is 7. The lowest BCUT2D eigenvalue weighted by molar-refractivity contribution is 0.626. The summed E-state index contributed by atoms with van der Waals surface area (Å²) in [5, 5.41) is 5.58. The van der Waals surface area contributed by atoms with E-state index in [0.29, 0.717) is 5.92 Å². The molecule has 0 saturated carbocycles. The molecule has 0 radical (unpaired) electrons. The first kappa shape index (κ1) is 14.3. The Labute approximate surface area is 119 Å². The number of nitrogens with one attached hydrogen (secondary N) is 1. The molecule has 0 fully saturated rings. The van der Waals surface area contributed by atoms with Crippen LogP contribution in [-0.4, -0.2) is 29.5 Å². The average Bonchev–Trinajstić information content (AvgIpc) is 2.90. The highest BCUT2D eigenvalue weighted by atomic mass is 32.1. The Morgan fingerprint density at radius 1 is 1.47 bits per heavy atom. The van der Waals surface area contributed by atoms with Crippen molar-refractivity contribution in [3.05, 3.63) is 17.3 Å². The van der Waals surface area contributed by atoms with Gasteiger partial charge in [-0.2, -0.15) is 0 Å². The Kier molecular flexibility index (Phi) is 4.82. The van der Waals surface area contributed by atoms with Crippen molar-refractivity contribution >= 4 is 22.1 Å². The van der Waals surface area contributed by atoms with Crippen molar-refractivity contribution in [1.82, 2.24) is 14.7 Å². The molecule has 19 heavy (non-hydrogen) atoms. The highest BCUT2D eigenvalue weighted by Gasteiger charge is 2.16. The molecule has 2 rings (SSSR count). The molecule has 106 valence electrons. The number of fused-ring (bicyclic) bond motifs is 1. The lowest BCUT2D eigenvalue weighted by atomic mass is 10.2. The van der Waals surface area contributed by atoms with Crippen molar-refractivity contribution in [2.45, 2.75) is 33.7 Å².